The first-order valence-corrected chi connectivity index (χ1v) is 8.09. The third-order valence-electron chi connectivity index (χ3n) is 3.41. The molecule has 2 aromatic rings. The van der Waals surface area contributed by atoms with Gasteiger partial charge >= 0.3 is 5.97 Å². The summed E-state index contributed by atoms with van der Waals surface area (Å²) < 4.78 is 0. The van der Waals surface area contributed by atoms with Gasteiger partial charge in [0.25, 0.3) is 5.91 Å². The van der Waals surface area contributed by atoms with E-state index in [1.165, 1.54) is 11.3 Å². The molecular formula is C17H19NO3S. The Morgan fingerprint density at radius 3 is 2.50 bits per heavy atom. The van der Waals surface area contributed by atoms with Crippen LogP contribution in [-0.2, 0) is 4.79 Å². The van der Waals surface area contributed by atoms with Gasteiger partial charge in [0.05, 0.1) is 4.88 Å². The Bertz CT molecular complexity index is 661. The van der Waals surface area contributed by atoms with Gasteiger partial charge in [0.1, 0.15) is 6.04 Å². The summed E-state index contributed by atoms with van der Waals surface area (Å²) >= 11 is 1.32. The number of carbonyl (C=O) groups is 2. The Labute approximate surface area is 133 Å². The van der Waals surface area contributed by atoms with Crippen LogP contribution in [0.3, 0.4) is 0 Å². The SMILES string of the molecule is CCCC(NC(=O)c1sccc1-c1ccc(C)cc1)C(=O)O. The van der Waals surface area contributed by atoms with E-state index in [1.54, 1.807) is 0 Å². The van der Waals surface area contributed by atoms with Gasteiger partial charge in [0.15, 0.2) is 0 Å². The minimum atomic E-state index is -0.997. The molecule has 0 saturated heterocycles. The molecule has 0 spiro atoms. The lowest BCUT2D eigenvalue weighted by molar-refractivity contribution is -0.139. The summed E-state index contributed by atoms with van der Waals surface area (Å²) in [5.41, 5.74) is 2.95. The Morgan fingerprint density at radius 1 is 1.23 bits per heavy atom. The number of rotatable bonds is 6. The fraction of sp³-hybridized carbons (Fsp3) is 0.294. The zero-order valence-corrected chi connectivity index (χ0v) is 13.4. The minimum absolute atomic E-state index is 0.327. The van der Waals surface area contributed by atoms with Crippen LogP contribution in [0.15, 0.2) is 35.7 Å². The molecule has 1 aromatic carbocycles. The first kappa shape index (κ1) is 16.2. The van der Waals surface area contributed by atoms with Gasteiger partial charge in [-0.3, -0.25) is 4.79 Å². The maximum atomic E-state index is 12.4. The van der Waals surface area contributed by atoms with Crippen LogP contribution < -0.4 is 5.32 Å². The van der Waals surface area contributed by atoms with Crippen LogP contribution in [0.4, 0.5) is 0 Å². The molecule has 1 atom stereocenters. The smallest absolute Gasteiger partial charge is 0.326 e. The van der Waals surface area contributed by atoms with E-state index in [-0.39, 0.29) is 5.91 Å². The average Bonchev–Trinajstić information content (AvgIpc) is 2.97. The van der Waals surface area contributed by atoms with Crippen LogP contribution in [0.25, 0.3) is 11.1 Å². The maximum Gasteiger partial charge on any atom is 0.326 e. The van der Waals surface area contributed by atoms with Crippen molar-refractivity contribution in [3.63, 3.8) is 0 Å². The average molecular weight is 317 g/mol. The van der Waals surface area contributed by atoms with Gasteiger partial charge in [-0.2, -0.15) is 0 Å². The summed E-state index contributed by atoms with van der Waals surface area (Å²) in [5.74, 6) is -1.32. The summed E-state index contributed by atoms with van der Waals surface area (Å²) in [5, 5.41) is 13.6. The number of benzene rings is 1. The molecule has 0 radical (unpaired) electrons. The highest BCUT2D eigenvalue weighted by Crippen LogP contribution is 2.28. The maximum absolute atomic E-state index is 12.4. The van der Waals surface area contributed by atoms with Gasteiger partial charge in [-0.25, -0.2) is 4.79 Å². The summed E-state index contributed by atoms with van der Waals surface area (Å²) in [6, 6.07) is 8.96. The van der Waals surface area contributed by atoms with Gasteiger partial charge in [0, 0.05) is 5.56 Å². The van der Waals surface area contributed by atoms with E-state index in [4.69, 9.17) is 5.11 Å². The monoisotopic (exact) mass is 317 g/mol. The lowest BCUT2D eigenvalue weighted by atomic mass is 10.0. The quantitative estimate of drug-likeness (QED) is 0.853. The molecule has 0 bridgehead atoms. The molecule has 22 heavy (non-hydrogen) atoms. The zero-order chi connectivity index (χ0) is 16.1. The lowest BCUT2D eigenvalue weighted by Crippen LogP contribution is -2.40. The van der Waals surface area contributed by atoms with Gasteiger partial charge in [0.2, 0.25) is 0 Å². The molecule has 1 unspecified atom stereocenters. The Balaban J connectivity index is 2.23. The van der Waals surface area contributed by atoms with Crippen LogP contribution in [0, 0.1) is 6.92 Å². The second kappa shape index (κ2) is 7.22. The molecule has 0 aliphatic heterocycles. The van der Waals surface area contributed by atoms with E-state index in [2.05, 4.69) is 5.32 Å². The molecule has 2 N–H and O–H groups in total. The summed E-state index contributed by atoms with van der Waals surface area (Å²) in [6.45, 7) is 3.90. The Hall–Kier alpha value is -2.14. The van der Waals surface area contributed by atoms with Gasteiger partial charge in [-0.05, 0) is 30.4 Å². The van der Waals surface area contributed by atoms with Gasteiger partial charge < -0.3 is 10.4 Å². The number of carboxylic acids is 1. The highest BCUT2D eigenvalue weighted by atomic mass is 32.1. The van der Waals surface area contributed by atoms with Crippen molar-refractivity contribution < 1.29 is 14.7 Å². The van der Waals surface area contributed by atoms with E-state index in [9.17, 15) is 9.59 Å². The van der Waals surface area contributed by atoms with Crippen molar-refractivity contribution in [2.24, 2.45) is 0 Å². The Morgan fingerprint density at radius 2 is 1.91 bits per heavy atom. The molecule has 2 rings (SSSR count). The van der Waals surface area contributed by atoms with Gasteiger partial charge in [-0.1, -0.05) is 43.2 Å². The third-order valence-corrected chi connectivity index (χ3v) is 4.33. The largest absolute Gasteiger partial charge is 0.480 e. The van der Waals surface area contributed by atoms with E-state index in [1.807, 2.05) is 49.6 Å². The molecule has 1 aromatic heterocycles. The molecule has 1 heterocycles. The predicted molar refractivity (Wildman–Crippen MR) is 88.3 cm³/mol. The van der Waals surface area contributed by atoms with E-state index >= 15 is 0 Å². The number of aliphatic carboxylic acids is 1. The van der Waals surface area contributed by atoms with Gasteiger partial charge in [-0.15, -0.1) is 11.3 Å². The van der Waals surface area contributed by atoms with E-state index in [0.29, 0.717) is 17.7 Å². The summed E-state index contributed by atoms with van der Waals surface area (Å²) in [7, 11) is 0. The molecular weight excluding hydrogens is 298 g/mol. The summed E-state index contributed by atoms with van der Waals surface area (Å²) in [6.07, 6.45) is 1.12. The molecule has 4 nitrogen and oxygen atoms in total. The zero-order valence-electron chi connectivity index (χ0n) is 12.6. The van der Waals surface area contributed by atoms with Crippen molar-refractivity contribution in [3.05, 3.63) is 46.2 Å². The molecule has 116 valence electrons. The first-order valence-electron chi connectivity index (χ1n) is 7.21. The van der Waals surface area contributed by atoms with Crippen LogP contribution in [0.1, 0.15) is 35.0 Å². The van der Waals surface area contributed by atoms with Crippen LogP contribution in [0.2, 0.25) is 0 Å². The molecule has 1 amide bonds. The number of amides is 1. The van der Waals surface area contributed by atoms with Crippen molar-refractivity contribution in [2.45, 2.75) is 32.7 Å². The van der Waals surface area contributed by atoms with E-state index < -0.39 is 12.0 Å². The number of hydrogen-bond donors (Lipinski definition) is 2. The van der Waals surface area contributed by atoms with Crippen LogP contribution >= 0.6 is 11.3 Å². The number of thiophene rings is 1. The Kier molecular flexibility index (Phi) is 5.33. The molecule has 0 aliphatic rings. The van der Waals surface area contributed by atoms with Crippen LogP contribution in [0.5, 0.6) is 0 Å². The fourth-order valence-electron chi connectivity index (χ4n) is 2.22. The second-order valence-corrected chi connectivity index (χ2v) is 6.10. The normalized spacial score (nSPS) is 11.9. The third kappa shape index (κ3) is 3.74. The molecule has 0 saturated carbocycles. The number of carbonyl (C=O) groups excluding carboxylic acids is 1. The van der Waals surface area contributed by atoms with E-state index in [0.717, 1.165) is 16.7 Å². The standard InChI is InChI=1S/C17H19NO3S/c1-3-4-14(17(20)21)18-16(19)15-13(9-10-22-15)12-7-5-11(2)6-8-12/h5-10,14H,3-4H2,1-2H3,(H,18,19)(H,20,21). The second-order valence-electron chi connectivity index (χ2n) is 5.18. The molecule has 0 fully saturated rings. The lowest BCUT2D eigenvalue weighted by Gasteiger charge is -2.13. The van der Waals surface area contributed by atoms with Crippen LogP contribution in [-0.4, -0.2) is 23.0 Å². The number of nitrogens with one attached hydrogen (secondary N) is 1. The first-order chi connectivity index (χ1) is 10.5. The van der Waals surface area contributed by atoms with Crippen molar-refractivity contribution in [1.82, 2.24) is 5.32 Å². The molecule has 5 heteroatoms. The number of aryl methyl sites for hydroxylation is 1. The van der Waals surface area contributed by atoms with Crippen molar-refractivity contribution >= 4 is 23.2 Å². The minimum Gasteiger partial charge on any atom is -0.480 e. The number of hydrogen-bond acceptors (Lipinski definition) is 3. The fourth-order valence-corrected chi connectivity index (χ4v) is 3.03. The van der Waals surface area contributed by atoms with Crippen molar-refractivity contribution in [2.75, 3.05) is 0 Å². The van der Waals surface area contributed by atoms with Crippen molar-refractivity contribution in [3.8, 4) is 11.1 Å². The number of carboxylic acid groups (broad SMARTS) is 1. The highest BCUT2D eigenvalue weighted by Gasteiger charge is 2.22. The highest BCUT2D eigenvalue weighted by molar-refractivity contribution is 7.12. The summed E-state index contributed by atoms with van der Waals surface area (Å²) in [4.78, 5) is 24.1. The molecule has 0 aliphatic carbocycles. The predicted octanol–water partition coefficient (Wildman–Crippen LogP) is 3.71. The topological polar surface area (TPSA) is 66.4 Å². The van der Waals surface area contributed by atoms with Crippen molar-refractivity contribution in [1.29, 1.82) is 0 Å².